The molecule has 5 fully saturated rings. The number of benzene rings is 2. The molecule has 0 saturated carbocycles. The van der Waals surface area contributed by atoms with E-state index in [9.17, 15) is 54.1 Å². The van der Waals surface area contributed by atoms with Crippen molar-refractivity contribution in [2.24, 2.45) is 0 Å². The number of allylic oxidation sites excluding steroid dienone is 2. The van der Waals surface area contributed by atoms with Gasteiger partial charge in [-0.2, -0.15) is 9.97 Å². The van der Waals surface area contributed by atoms with Crippen LogP contribution in [-0.4, -0.2) is 139 Å². The number of rotatable bonds is 13. The predicted molar refractivity (Wildman–Crippen MR) is 291 cm³/mol. The molecule has 0 radical (unpaired) electrons. The molecule has 2 aromatic carbocycles. The minimum Gasteiger partial charge on any atom is -0.431 e. The highest BCUT2D eigenvalue weighted by Gasteiger charge is 2.58. The monoisotopic (exact) mass is 1200 g/mol. The summed E-state index contributed by atoms with van der Waals surface area (Å²) < 4.78 is 60.2. The van der Waals surface area contributed by atoms with Crippen molar-refractivity contribution in [2.45, 2.75) is 114 Å². The number of hydrogen-bond acceptors (Lipinski definition) is 25. The van der Waals surface area contributed by atoms with Gasteiger partial charge in [-0.3, -0.25) is 48.9 Å². The van der Waals surface area contributed by atoms with Crippen LogP contribution < -0.4 is 43.4 Å². The lowest BCUT2D eigenvalue weighted by atomic mass is 10.1. The van der Waals surface area contributed by atoms with Crippen molar-refractivity contribution >= 4 is 68.8 Å². The summed E-state index contributed by atoms with van der Waals surface area (Å²) in [6.07, 6.45) is -2.11. The third-order valence-electron chi connectivity index (χ3n) is 12.9. The number of nitro benzene ring substituents is 2. The summed E-state index contributed by atoms with van der Waals surface area (Å²) in [6, 6.07) is 9.87. The highest BCUT2D eigenvalue weighted by Crippen LogP contribution is 2.45. The van der Waals surface area contributed by atoms with E-state index in [0.717, 1.165) is 17.8 Å². The number of imidazole rings is 2. The van der Waals surface area contributed by atoms with Gasteiger partial charge >= 0.3 is 23.0 Å². The van der Waals surface area contributed by atoms with Crippen LogP contribution in [0.4, 0.5) is 32.9 Å². The summed E-state index contributed by atoms with van der Waals surface area (Å²) in [5, 5.41) is 30.7. The van der Waals surface area contributed by atoms with Crippen LogP contribution in [-0.2, 0) is 51.0 Å². The molecule has 5 aliphatic rings. The normalized spacial score (nSPS) is 23.2. The lowest BCUT2D eigenvalue weighted by molar-refractivity contribution is -0.385. The van der Waals surface area contributed by atoms with Gasteiger partial charge in [0.25, 0.3) is 22.5 Å². The van der Waals surface area contributed by atoms with Gasteiger partial charge in [0.2, 0.25) is 11.9 Å². The molecular formula is C50H57ClN12O21. The van der Waals surface area contributed by atoms with Gasteiger partial charge in [0.05, 0.1) is 16.5 Å². The zero-order valence-electron chi connectivity index (χ0n) is 45.2. The zero-order valence-corrected chi connectivity index (χ0v) is 45.9. The van der Waals surface area contributed by atoms with Gasteiger partial charge in [-0.1, -0.05) is 12.2 Å². The maximum atomic E-state index is 13.4. The average Bonchev–Trinajstić information content (AvgIpc) is 1.73. The lowest BCUT2D eigenvalue weighted by Gasteiger charge is -2.24. The number of anilines is 2. The Morgan fingerprint density at radius 2 is 1.12 bits per heavy atom. The molecular weight excluding hydrogens is 1140 g/mol. The SMILES string of the molecule is C1CCOC1.C=CCn1c(=O)n([C@H]2O[C@@H](CO)[C@@H]3OC(C)(C)O[C@@H]32)c2nc(N)[nH]c(=O)c21.C=CCn1c(=O)n([C@H]2O[C@@H](COC(=O)Oc3ccc([N+](=O)[O-])cc3)[C@@H]3OC(C)(C)O[C@@H]32)c2nc(N)[nH]c(=O)c21.O=C(Cl)Oc1ccc([N+](=O)[O-])cc1. The molecule has 450 valence electrons. The third kappa shape index (κ3) is 13.4. The molecule has 0 unspecified atom stereocenters. The molecule has 0 bridgehead atoms. The summed E-state index contributed by atoms with van der Waals surface area (Å²) >= 11 is 4.92. The number of hydrogen-bond donors (Lipinski definition) is 5. The Hall–Kier alpha value is -8.67. The van der Waals surface area contributed by atoms with E-state index in [1.54, 1.807) is 27.7 Å². The van der Waals surface area contributed by atoms with Crippen LogP contribution in [0.1, 0.15) is 53.0 Å². The first-order valence-corrected chi connectivity index (χ1v) is 25.9. The minimum absolute atomic E-state index is 0.0156. The number of nitro groups is 2. The number of H-pyrrole nitrogens is 2. The molecule has 5 saturated heterocycles. The first-order chi connectivity index (χ1) is 39.8. The van der Waals surface area contributed by atoms with Gasteiger partial charge in [-0.05, 0) is 64.8 Å². The van der Waals surface area contributed by atoms with E-state index in [-0.39, 0.29) is 83.4 Å². The van der Waals surface area contributed by atoms with E-state index in [1.165, 1.54) is 87.2 Å². The summed E-state index contributed by atoms with van der Waals surface area (Å²) in [6.45, 7) is 15.5. The van der Waals surface area contributed by atoms with Crippen LogP contribution in [0.2, 0.25) is 0 Å². The van der Waals surface area contributed by atoms with Gasteiger partial charge in [0, 0.05) is 62.2 Å². The number of aliphatic hydroxyl groups is 1. The Kier molecular flexibility index (Phi) is 18.6. The number of aliphatic hydroxyl groups excluding tert-OH is 1. The predicted octanol–water partition coefficient (Wildman–Crippen LogP) is 3.39. The van der Waals surface area contributed by atoms with E-state index in [1.807, 2.05) is 0 Å². The van der Waals surface area contributed by atoms with Crippen LogP contribution in [0, 0.1) is 20.2 Å². The quantitative estimate of drug-likeness (QED) is 0.0276. The number of halogens is 1. The molecule has 0 amide bonds. The zero-order chi connectivity index (χ0) is 60.9. The highest BCUT2D eigenvalue weighted by molar-refractivity contribution is 6.61. The topological polar surface area (TPSA) is 430 Å². The van der Waals surface area contributed by atoms with Crippen molar-refractivity contribution in [3.63, 3.8) is 0 Å². The van der Waals surface area contributed by atoms with Crippen LogP contribution in [0.25, 0.3) is 22.3 Å². The molecule has 7 N–H and O–H groups in total. The highest BCUT2D eigenvalue weighted by atomic mass is 35.5. The van der Waals surface area contributed by atoms with Crippen LogP contribution in [0.15, 0.2) is 93.0 Å². The summed E-state index contributed by atoms with van der Waals surface area (Å²) in [7, 11) is 0. The second-order valence-electron chi connectivity index (χ2n) is 19.6. The van der Waals surface area contributed by atoms with E-state index in [4.69, 9.17) is 65.7 Å². The van der Waals surface area contributed by atoms with Crippen molar-refractivity contribution in [1.29, 1.82) is 0 Å². The molecule has 4 aromatic heterocycles. The largest absolute Gasteiger partial charge is 0.513 e. The number of non-ortho nitro benzene ring substituents is 2. The molecule has 6 aromatic rings. The molecule has 9 heterocycles. The molecule has 0 aliphatic carbocycles. The Bertz CT molecular complexity index is 3690. The number of nitrogens with zero attached hydrogens (tertiary/aromatic N) is 8. The van der Waals surface area contributed by atoms with Gasteiger partial charge in [0.15, 0.2) is 46.4 Å². The number of carbonyl (C=O) groups is 2. The fraction of sp³-hybridized carbons (Fsp3) is 0.440. The molecule has 8 atom stereocenters. The van der Waals surface area contributed by atoms with Crippen molar-refractivity contribution in [3.05, 3.63) is 136 Å². The Morgan fingerprint density at radius 3 is 1.50 bits per heavy atom. The van der Waals surface area contributed by atoms with Gasteiger partial charge < -0.3 is 63.9 Å². The van der Waals surface area contributed by atoms with E-state index in [0.29, 0.717) is 0 Å². The number of ether oxygens (including phenoxy) is 10. The average molecular weight is 1200 g/mol. The Labute approximate surface area is 477 Å². The third-order valence-corrected chi connectivity index (χ3v) is 13.0. The van der Waals surface area contributed by atoms with Gasteiger partial charge in [-0.15, -0.1) is 13.2 Å². The molecule has 34 heteroatoms. The standard InChI is InChI=1S/C23H24N6O10.C16H21N5O6.C7H4ClNO4.C4H8O/c1-4-9-27-14-17(25-20(24)26-18(14)30)28(21(27)31)19-16-15(38-23(2,3)39-16)13(37-19)10-35-22(32)36-12-7-5-11(6-8-12)29(33)34;1-4-5-20-8-11(18-14(17)19-12(8)23)21(15(20)24)13-10-9(7(6-22)25-13)26-16(2,3)27-10;8-7(10)13-6-3-1-5(2-4-6)9(11)12;1-2-4-5-3-1/h4-8,13,15-16,19H,1,9-10H2,2-3H3,(H3,24,25,26,30);4,7,9-10,13,22H,1,5-6H2,2-3H3,(H3,17,18,19,23);1-4H;1-4H2/t13-,15-,16-,19-;7-,9-,10-,13-;;/m00../s1. The number of aromatic amines is 2. The van der Waals surface area contributed by atoms with Crippen LogP contribution >= 0.6 is 11.6 Å². The summed E-state index contributed by atoms with van der Waals surface area (Å²) in [5.74, 6) is -2.10. The van der Waals surface area contributed by atoms with Crippen LogP contribution in [0.5, 0.6) is 11.5 Å². The first kappa shape index (κ1) is 61.4. The fourth-order valence-corrected chi connectivity index (χ4v) is 9.71. The number of nitrogens with two attached hydrogens (primary N) is 2. The maximum absolute atomic E-state index is 13.4. The molecule has 5 aliphatic heterocycles. The van der Waals surface area contributed by atoms with Crippen molar-refractivity contribution < 1.29 is 71.9 Å². The fourth-order valence-electron chi connectivity index (χ4n) is 9.62. The maximum Gasteiger partial charge on any atom is 0.513 e. The summed E-state index contributed by atoms with van der Waals surface area (Å²) in [4.78, 5) is 107. The first-order valence-electron chi connectivity index (χ1n) is 25.5. The number of nitrogen functional groups attached to an aromatic ring is 2. The number of carbonyl (C=O) groups excluding carboxylic acids is 2. The number of fused-ring (bicyclic) bond motifs is 4. The second-order valence-corrected chi connectivity index (χ2v) is 19.9. The van der Waals surface area contributed by atoms with Gasteiger partial charge in [-0.25, -0.2) is 28.3 Å². The molecule has 33 nitrogen and oxygen atoms in total. The second kappa shape index (κ2) is 25.4. The molecule has 0 spiro atoms. The molecule has 84 heavy (non-hydrogen) atoms. The Morgan fingerprint density at radius 1 is 0.714 bits per heavy atom. The van der Waals surface area contributed by atoms with Gasteiger partial charge in [0.1, 0.15) is 54.7 Å². The smallest absolute Gasteiger partial charge is 0.431 e. The number of nitrogens with one attached hydrogen (secondary N) is 2. The lowest BCUT2D eigenvalue weighted by Crippen LogP contribution is -2.34. The van der Waals surface area contributed by atoms with Crippen molar-refractivity contribution in [1.82, 2.24) is 38.2 Å². The van der Waals surface area contributed by atoms with Crippen molar-refractivity contribution in [2.75, 3.05) is 37.9 Å². The van der Waals surface area contributed by atoms with E-state index < -0.39 is 105 Å². The molecule has 11 rings (SSSR count). The van der Waals surface area contributed by atoms with E-state index >= 15 is 0 Å². The number of aromatic nitrogens is 8. The van der Waals surface area contributed by atoms with Crippen molar-refractivity contribution in [3.8, 4) is 11.5 Å². The minimum atomic E-state index is -1.12. The van der Waals surface area contributed by atoms with Crippen LogP contribution in [0.3, 0.4) is 0 Å². The Balaban J connectivity index is 0.000000175. The van der Waals surface area contributed by atoms with E-state index in [2.05, 4.69) is 37.8 Å². The summed E-state index contributed by atoms with van der Waals surface area (Å²) in [5.41, 5.74) is 7.97.